The number of sulfonamides is 1. The Morgan fingerprint density at radius 3 is 2.43 bits per heavy atom. The van der Waals surface area contributed by atoms with E-state index in [-0.39, 0.29) is 17.2 Å². The molecule has 0 aliphatic heterocycles. The highest BCUT2D eigenvalue weighted by atomic mass is 32.2. The Morgan fingerprint density at radius 1 is 1.35 bits per heavy atom. The van der Waals surface area contributed by atoms with E-state index in [9.17, 15) is 23.4 Å². The normalized spacial score (nSPS) is 13.0. The second kappa shape index (κ2) is 6.39. The molecular weight excluding hydrogens is 322 g/mol. The Labute approximate surface area is 133 Å². The number of nitrogens with zero attached hydrogens (tertiary/aromatic N) is 2. The zero-order chi connectivity index (χ0) is 17.2. The van der Waals surface area contributed by atoms with E-state index >= 15 is 0 Å². The van der Waals surface area contributed by atoms with Crippen LogP contribution < -0.4 is 4.72 Å². The third-order valence-electron chi connectivity index (χ3n) is 3.28. The van der Waals surface area contributed by atoms with E-state index in [0.29, 0.717) is 11.1 Å². The Bertz CT molecular complexity index is 792. The van der Waals surface area contributed by atoms with Crippen LogP contribution in [0.25, 0.3) is 0 Å². The molecule has 0 saturated carbocycles. The summed E-state index contributed by atoms with van der Waals surface area (Å²) < 4.78 is 28.2. The number of aromatic nitrogens is 2. The van der Waals surface area contributed by atoms with Gasteiger partial charge >= 0.3 is 5.97 Å². The molecule has 23 heavy (non-hydrogen) atoms. The van der Waals surface area contributed by atoms with Crippen molar-refractivity contribution in [2.45, 2.75) is 24.4 Å². The molecule has 1 atom stereocenters. The number of phenols is 1. The van der Waals surface area contributed by atoms with Crippen LogP contribution in [0.1, 0.15) is 11.1 Å². The Balaban J connectivity index is 2.26. The van der Waals surface area contributed by atoms with Crippen molar-refractivity contribution in [1.29, 1.82) is 0 Å². The van der Waals surface area contributed by atoms with Crippen LogP contribution in [0.5, 0.6) is 5.75 Å². The number of aryl methyl sites for hydroxylation is 2. The molecule has 0 aliphatic rings. The minimum absolute atomic E-state index is 0.0479. The minimum atomic E-state index is -4.03. The van der Waals surface area contributed by atoms with E-state index in [1.807, 2.05) is 0 Å². The summed E-state index contributed by atoms with van der Waals surface area (Å²) in [7, 11) is -2.56. The van der Waals surface area contributed by atoms with E-state index < -0.39 is 22.0 Å². The van der Waals surface area contributed by atoms with Crippen LogP contribution in [0.2, 0.25) is 0 Å². The van der Waals surface area contributed by atoms with Crippen LogP contribution in [-0.2, 0) is 28.3 Å². The molecule has 0 unspecified atom stereocenters. The summed E-state index contributed by atoms with van der Waals surface area (Å²) in [4.78, 5) is 11.4. The average molecular weight is 339 g/mol. The number of hydrogen-bond acceptors (Lipinski definition) is 5. The van der Waals surface area contributed by atoms with Crippen LogP contribution in [0.3, 0.4) is 0 Å². The summed E-state index contributed by atoms with van der Waals surface area (Å²) in [5, 5.41) is 22.3. The Kier molecular flexibility index (Phi) is 4.71. The van der Waals surface area contributed by atoms with Gasteiger partial charge in [0.25, 0.3) is 10.0 Å². The quantitative estimate of drug-likeness (QED) is 0.701. The summed E-state index contributed by atoms with van der Waals surface area (Å²) in [5.41, 5.74) is 1.01. The molecule has 0 radical (unpaired) electrons. The summed E-state index contributed by atoms with van der Waals surface area (Å²) in [6.07, 6.45) is 1.34. The fourth-order valence-corrected chi connectivity index (χ4v) is 3.75. The number of carboxylic acid groups (broad SMARTS) is 1. The molecule has 0 spiro atoms. The second-order valence-electron chi connectivity index (χ2n) is 5.14. The first-order chi connectivity index (χ1) is 10.7. The summed E-state index contributed by atoms with van der Waals surface area (Å²) in [6.45, 7) is 1.58. The zero-order valence-electron chi connectivity index (χ0n) is 12.6. The second-order valence-corrected chi connectivity index (χ2v) is 6.77. The SMILES string of the molecule is Cc1cnn(C)c1S(=O)(=O)N[C@@H](Cc1ccc(O)cc1)C(=O)O. The summed E-state index contributed by atoms with van der Waals surface area (Å²) in [5.74, 6) is -1.24. The largest absolute Gasteiger partial charge is 0.508 e. The number of carboxylic acids is 1. The summed E-state index contributed by atoms with van der Waals surface area (Å²) >= 11 is 0. The van der Waals surface area contributed by atoms with E-state index in [2.05, 4.69) is 9.82 Å². The van der Waals surface area contributed by atoms with Gasteiger partial charge < -0.3 is 10.2 Å². The fraction of sp³-hybridized carbons (Fsp3) is 0.286. The van der Waals surface area contributed by atoms with Gasteiger partial charge in [-0.05, 0) is 31.0 Å². The van der Waals surface area contributed by atoms with Crippen LogP contribution >= 0.6 is 0 Å². The van der Waals surface area contributed by atoms with Gasteiger partial charge in [0.15, 0.2) is 5.03 Å². The number of carbonyl (C=O) groups is 1. The van der Waals surface area contributed by atoms with E-state index in [0.717, 1.165) is 0 Å². The molecule has 1 aromatic carbocycles. The standard InChI is InChI=1S/C14H17N3O5S/c1-9-8-15-17(2)13(9)23(21,22)16-12(14(19)20)7-10-3-5-11(18)6-4-10/h3-6,8,12,16,18H,7H2,1-2H3,(H,19,20)/t12-/m0/s1. The monoisotopic (exact) mass is 339 g/mol. The van der Waals surface area contributed by atoms with E-state index in [4.69, 9.17) is 0 Å². The maximum absolute atomic E-state index is 12.4. The maximum Gasteiger partial charge on any atom is 0.322 e. The lowest BCUT2D eigenvalue weighted by Crippen LogP contribution is -2.43. The number of aliphatic carboxylic acids is 1. The van der Waals surface area contributed by atoms with Gasteiger partial charge in [0, 0.05) is 12.6 Å². The first kappa shape index (κ1) is 17.0. The number of hydrogen-bond donors (Lipinski definition) is 3. The predicted molar refractivity (Wildman–Crippen MR) is 81.5 cm³/mol. The average Bonchev–Trinajstić information content (AvgIpc) is 2.80. The molecule has 2 rings (SSSR count). The van der Waals surface area contributed by atoms with Crippen molar-refractivity contribution in [3.63, 3.8) is 0 Å². The van der Waals surface area contributed by atoms with Gasteiger partial charge in [0.05, 0.1) is 6.20 Å². The number of aromatic hydroxyl groups is 1. The van der Waals surface area contributed by atoms with Gasteiger partial charge in [-0.1, -0.05) is 12.1 Å². The number of benzene rings is 1. The number of nitrogens with one attached hydrogen (secondary N) is 1. The lowest BCUT2D eigenvalue weighted by molar-refractivity contribution is -0.138. The van der Waals surface area contributed by atoms with Gasteiger partial charge in [-0.3, -0.25) is 9.48 Å². The number of phenolic OH excluding ortho intramolecular Hbond substituents is 1. The fourth-order valence-electron chi connectivity index (χ4n) is 2.21. The smallest absolute Gasteiger partial charge is 0.322 e. The molecule has 1 aromatic heterocycles. The molecular formula is C14H17N3O5S. The Hall–Kier alpha value is -2.39. The third-order valence-corrected chi connectivity index (χ3v) is 4.97. The molecule has 9 heteroatoms. The van der Waals surface area contributed by atoms with E-state index in [1.165, 1.54) is 42.2 Å². The lowest BCUT2D eigenvalue weighted by atomic mass is 10.1. The van der Waals surface area contributed by atoms with Crippen LogP contribution in [0, 0.1) is 6.92 Å². The third kappa shape index (κ3) is 3.88. The van der Waals surface area contributed by atoms with Crippen molar-refractivity contribution in [3.05, 3.63) is 41.6 Å². The molecule has 124 valence electrons. The first-order valence-corrected chi connectivity index (χ1v) is 8.20. The van der Waals surface area contributed by atoms with Crippen LogP contribution in [-0.4, -0.2) is 40.4 Å². The molecule has 0 aliphatic carbocycles. The van der Waals surface area contributed by atoms with Crippen molar-refractivity contribution >= 4 is 16.0 Å². The topological polar surface area (TPSA) is 122 Å². The van der Waals surface area contributed by atoms with Gasteiger partial charge in [0.1, 0.15) is 11.8 Å². The highest BCUT2D eigenvalue weighted by molar-refractivity contribution is 7.89. The van der Waals surface area contributed by atoms with Gasteiger partial charge in [-0.2, -0.15) is 9.82 Å². The molecule has 0 saturated heterocycles. The molecule has 8 nitrogen and oxygen atoms in total. The van der Waals surface area contributed by atoms with Crippen LogP contribution in [0.15, 0.2) is 35.5 Å². The minimum Gasteiger partial charge on any atom is -0.508 e. The van der Waals surface area contributed by atoms with Crippen molar-refractivity contribution < 1.29 is 23.4 Å². The van der Waals surface area contributed by atoms with Gasteiger partial charge in [-0.25, -0.2) is 8.42 Å². The molecule has 0 amide bonds. The van der Waals surface area contributed by atoms with Crippen LogP contribution in [0.4, 0.5) is 0 Å². The Morgan fingerprint density at radius 2 is 1.96 bits per heavy atom. The van der Waals surface area contributed by atoms with Crippen molar-refractivity contribution in [2.24, 2.45) is 7.05 Å². The molecule has 0 bridgehead atoms. The predicted octanol–water partition coefficient (Wildman–Crippen LogP) is 0.408. The first-order valence-electron chi connectivity index (χ1n) is 6.72. The maximum atomic E-state index is 12.4. The highest BCUT2D eigenvalue weighted by Crippen LogP contribution is 2.16. The molecule has 1 heterocycles. The number of rotatable bonds is 6. The van der Waals surface area contributed by atoms with E-state index in [1.54, 1.807) is 6.92 Å². The summed E-state index contributed by atoms with van der Waals surface area (Å²) in [6, 6.07) is 4.56. The van der Waals surface area contributed by atoms with Gasteiger partial charge in [0.2, 0.25) is 0 Å². The van der Waals surface area contributed by atoms with Crippen molar-refractivity contribution in [3.8, 4) is 5.75 Å². The zero-order valence-corrected chi connectivity index (χ0v) is 13.4. The van der Waals surface area contributed by atoms with Crippen molar-refractivity contribution in [1.82, 2.24) is 14.5 Å². The molecule has 3 N–H and O–H groups in total. The highest BCUT2D eigenvalue weighted by Gasteiger charge is 2.29. The van der Waals surface area contributed by atoms with Crippen molar-refractivity contribution in [2.75, 3.05) is 0 Å². The molecule has 0 fully saturated rings. The van der Waals surface area contributed by atoms with Gasteiger partial charge in [-0.15, -0.1) is 0 Å². The lowest BCUT2D eigenvalue weighted by Gasteiger charge is -2.15. The molecule has 2 aromatic rings.